The van der Waals surface area contributed by atoms with Crippen molar-refractivity contribution < 1.29 is 29.0 Å². The average Bonchev–Trinajstić information content (AvgIpc) is 2.56. The molecule has 0 aliphatic rings. The third kappa shape index (κ3) is 6.84. The van der Waals surface area contributed by atoms with Crippen LogP contribution in [0.25, 0.3) is 0 Å². The van der Waals surface area contributed by atoms with Crippen LogP contribution in [0.1, 0.15) is 53.5 Å². The Hall–Kier alpha value is -2.61. The second-order valence-electron chi connectivity index (χ2n) is 7.76. The lowest BCUT2D eigenvalue weighted by molar-refractivity contribution is -0.143. The fourth-order valence-electron chi connectivity index (χ4n) is 2.37. The molecular weight excluding hydrogens is 364 g/mol. The maximum atomic E-state index is 12.9. The minimum atomic E-state index is -1.01. The molecule has 156 valence electrons. The Morgan fingerprint density at radius 1 is 0.964 bits per heavy atom. The van der Waals surface area contributed by atoms with E-state index in [-0.39, 0.29) is 19.6 Å². The quantitative estimate of drug-likeness (QED) is 0.769. The third-order valence-corrected chi connectivity index (χ3v) is 3.66. The SMILES string of the molecule is CC(=O)N(C(=O)OC(C)(C)C)N(CCCO)C(=O)OC(C)(C)c1ccccc1. The number of hydrazine groups is 1. The summed E-state index contributed by atoms with van der Waals surface area (Å²) in [5.41, 5.74) is -1.12. The molecule has 0 atom stereocenters. The van der Waals surface area contributed by atoms with Crippen LogP contribution in [0.2, 0.25) is 0 Å². The van der Waals surface area contributed by atoms with E-state index in [9.17, 15) is 14.4 Å². The Bertz CT molecular complexity index is 682. The molecule has 0 saturated heterocycles. The van der Waals surface area contributed by atoms with Crippen molar-refractivity contribution in [3.63, 3.8) is 0 Å². The molecule has 1 aromatic carbocycles. The van der Waals surface area contributed by atoms with E-state index in [0.29, 0.717) is 5.01 Å². The van der Waals surface area contributed by atoms with Crippen molar-refractivity contribution in [2.45, 2.75) is 59.2 Å². The molecule has 0 heterocycles. The maximum absolute atomic E-state index is 12.9. The highest BCUT2D eigenvalue weighted by atomic mass is 16.6. The van der Waals surface area contributed by atoms with Gasteiger partial charge in [-0.1, -0.05) is 30.3 Å². The lowest BCUT2D eigenvalue weighted by atomic mass is 9.98. The van der Waals surface area contributed by atoms with Crippen molar-refractivity contribution in [1.29, 1.82) is 0 Å². The van der Waals surface area contributed by atoms with Gasteiger partial charge in [-0.15, -0.1) is 5.01 Å². The van der Waals surface area contributed by atoms with Gasteiger partial charge in [0.2, 0.25) is 5.91 Å². The molecule has 0 saturated carbocycles. The predicted molar refractivity (Wildman–Crippen MR) is 103 cm³/mol. The number of hydrogen-bond acceptors (Lipinski definition) is 6. The number of benzene rings is 1. The number of ether oxygens (including phenoxy) is 2. The average molecular weight is 394 g/mol. The predicted octanol–water partition coefficient (Wildman–Crippen LogP) is 3.44. The van der Waals surface area contributed by atoms with Crippen LogP contribution in [0.3, 0.4) is 0 Å². The molecule has 0 spiro atoms. The molecule has 0 aromatic heterocycles. The minimum absolute atomic E-state index is 0.0982. The van der Waals surface area contributed by atoms with Crippen molar-refractivity contribution in [3.8, 4) is 0 Å². The number of imide groups is 1. The van der Waals surface area contributed by atoms with Crippen LogP contribution in [-0.4, -0.2) is 52.0 Å². The van der Waals surface area contributed by atoms with Gasteiger partial charge in [-0.2, -0.15) is 0 Å². The molecule has 8 heteroatoms. The summed E-state index contributed by atoms with van der Waals surface area (Å²) < 4.78 is 10.8. The lowest BCUT2D eigenvalue weighted by Crippen LogP contribution is -2.55. The number of nitrogens with zero attached hydrogens (tertiary/aromatic N) is 2. The van der Waals surface area contributed by atoms with Crippen molar-refractivity contribution in [3.05, 3.63) is 35.9 Å². The van der Waals surface area contributed by atoms with Gasteiger partial charge in [0.1, 0.15) is 11.2 Å². The number of rotatable bonds is 5. The van der Waals surface area contributed by atoms with Crippen LogP contribution in [0.15, 0.2) is 30.3 Å². The first kappa shape index (κ1) is 23.4. The highest BCUT2D eigenvalue weighted by molar-refractivity contribution is 5.92. The second-order valence-corrected chi connectivity index (χ2v) is 7.76. The Kier molecular flexibility index (Phi) is 7.99. The molecule has 0 aliphatic carbocycles. The number of carbonyl (C=O) groups excluding carboxylic acids is 3. The van der Waals surface area contributed by atoms with E-state index < -0.39 is 29.3 Å². The van der Waals surface area contributed by atoms with Crippen LogP contribution < -0.4 is 0 Å². The van der Waals surface area contributed by atoms with E-state index in [4.69, 9.17) is 14.6 Å². The molecule has 3 amide bonds. The van der Waals surface area contributed by atoms with Crippen molar-refractivity contribution in [1.82, 2.24) is 10.0 Å². The molecule has 0 unspecified atom stereocenters. The van der Waals surface area contributed by atoms with Crippen molar-refractivity contribution in [2.75, 3.05) is 13.2 Å². The minimum Gasteiger partial charge on any atom is -0.442 e. The van der Waals surface area contributed by atoms with Gasteiger partial charge in [-0.25, -0.2) is 14.6 Å². The molecule has 28 heavy (non-hydrogen) atoms. The van der Waals surface area contributed by atoms with E-state index in [1.54, 1.807) is 34.6 Å². The first-order chi connectivity index (χ1) is 12.9. The third-order valence-electron chi connectivity index (χ3n) is 3.66. The zero-order chi connectivity index (χ0) is 21.5. The van der Waals surface area contributed by atoms with Gasteiger partial charge in [0, 0.05) is 20.1 Å². The monoisotopic (exact) mass is 394 g/mol. The molecule has 0 fully saturated rings. The number of carbonyl (C=O) groups is 3. The summed E-state index contributed by atoms with van der Waals surface area (Å²) in [5.74, 6) is -0.707. The molecule has 1 N–H and O–H groups in total. The number of aliphatic hydroxyl groups is 1. The fraction of sp³-hybridized carbons (Fsp3) is 0.550. The largest absolute Gasteiger partial charge is 0.442 e. The van der Waals surface area contributed by atoms with Crippen LogP contribution >= 0.6 is 0 Å². The zero-order valence-corrected chi connectivity index (χ0v) is 17.4. The summed E-state index contributed by atoms with van der Waals surface area (Å²) >= 11 is 0. The van der Waals surface area contributed by atoms with Crippen molar-refractivity contribution in [2.24, 2.45) is 0 Å². The van der Waals surface area contributed by atoms with Gasteiger partial charge >= 0.3 is 12.2 Å². The van der Waals surface area contributed by atoms with E-state index >= 15 is 0 Å². The molecule has 1 rings (SSSR count). The number of hydrogen-bond donors (Lipinski definition) is 1. The maximum Gasteiger partial charge on any atom is 0.436 e. The standard InChI is InChI=1S/C20H30N2O6/c1-15(24)22(18(26)27-19(2,3)4)21(13-10-14-23)17(25)28-20(5,6)16-11-8-7-9-12-16/h7-9,11-12,23H,10,13-14H2,1-6H3. The highest BCUT2D eigenvalue weighted by Gasteiger charge is 2.36. The summed E-state index contributed by atoms with van der Waals surface area (Å²) in [7, 11) is 0. The Balaban J connectivity index is 3.14. The first-order valence-corrected chi connectivity index (χ1v) is 9.09. The van der Waals surface area contributed by atoms with Gasteiger partial charge in [-0.3, -0.25) is 4.79 Å². The van der Waals surface area contributed by atoms with Crippen LogP contribution in [-0.2, 0) is 19.9 Å². The molecule has 0 radical (unpaired) electrons. The van der Waals surface area contributed by atoms with E-state index in [1.807, 2.05) is 30.3 Å². The smallest absolute Gasteiger partial charge is 0.436 e. The van der Waals surface area contributed by atoms with Crippen molar-refractivity contribution >= 4 is 18.1 Å². The molecule has 0 bridgehead atoms. The Labute approximate surface area is 166 Å². The van der Waals surface area contributed by atoms with Gasteiger partial charge in [0.05, 0.1) is 0 Å². The highest BCUT2D eigenvalue weighted by Crippen LogP contribution is 2.26. The Morgan fingerprint density at radius 3 is 2.00 bits per heavy atom. The summed E-state index contributed by atoms with van der Waals surface area (Å²) in [4.78, 5) is 37.5. The summed E-state index contributed by atoms with van der Waals surface area (Å²) in [6.45, 7) is 9.18. The zero-order valence-electron chi connectivity index (χ0n) is 17.4. The summed E-state index contributed by atoms with van der Waals surface area (Å²) in [6.07, 6.45) is -1.75. The van der Waals surface area contributed by atoms with E-state index in [0.717, 1.165) is 17.5 Å². The first-order valence-electron chi connectivity index (χ1n) is 9.09. The molecule has 8 nitrogen and oxygen atoms in total. The fourth-order valence-corrected chi connectivity index (χ4v) is 2.37. The summed E-state index contributed by atoms with van der Waals surface area (Å²) in [5, 5.41) is 10.6. The molecule has 0 aliphatic heterocycles. The van der Waals surface area contributed by atoms with E-state index in [1.165, 1.54) is 0 Å². The van der Waals surface area contributed by atoms with Gasteiger partial charge in [0.25, 0.3) is 0 Å². The van der Waals surface area contributed by atoms with Crippen LogP contribution in [0.5, 0.6) is 0 Å². The molecule has 1 aromatic rings. The molecular formula is C20H30N2O6. The topological polar surface area (TPSA) is 96.4 Å². The van der Waals surface area contributed by atoms with Gasteiger partial charge in [0.15, 0.2) is 0 Å². The second kappa shape index (κ2) is 9.54. The lowest BCUT2D eigenvalue weighted by Gasteiger charge is -2.35. The summed E-state index contributed by atoms with van der Waals surface area (Å²) in [6, 6.07) is 9.09. The van der Waals surface area contributed by atoms with E-state index in [2.05, 4.69) is 0 Å². The van der Waals surface area contributed by atoms with Crippen LogP contribution in [0, 0.1) is 0 Å². The number of amides is 3. The van der Waals surface area contributed by atoms with Crippen LogP contribution in [0.4, 0.5) is 9.59 Å². The normalized spacial score (nSPS) is 11.5. The Morgan fingerprint density at radius 2 is 1.54 bits per heavy atom. The van der Waals surface area contributed by atoms with Gasteiger partial charge < -0.3 is 14.6 Å². The van der Waals surface area contributed by atoms with Gasteiger partial charge in [-0.05, 0) is 46.6 Å². The number of aliphatic hydroxyl groups excluding tert-OH is 1.